The van der Waals surface area contributed by atoms with E-state index in [4.69, 9.17) is 10.2 Å². The second kappa shape index (κ2) is 5.39. The first-order valence-corrected chi connectivity index (χ1v) is 9.41. The minimum absolute atomic E-state index is 0.00360. The highest BCUT2D eigenvalue weighted by molar-refractivity contribution is 7.17. The summed E-state index contributed by atoms with van der Waals surface area (Å²) in [6, 6.07) is 1.84. The molecule has 0 unspecified atom stereocenters. The molecule has 2 saturated carbocycles. The maximum atomic E-state index is 13.6. The number of hydrogen-bond acceptors (Lipinski definition) is 6. The van der Waals surface area contributed by atoms with Crippen LogP contribution in [0.2, 0.25) is 0 Å². The van der Waals surface area contributed by atoms with Gasteiger partial charge in [0.2, 0.25) is 5.82 Å². The number of alkyl halides is 2. The molecule has 27 heavy (non-hydrogen) atoms. The first kappa shape index (κ1) is 16.4. The fourth-order valence-electron chi connectivity index (χ4n) is 4.14. The molecule has 0 bridgehead atoms. The van der Waals surface area contributed by atoms with Crippen LogP contribution in [-0.4, -0.2) is 25.4 Å². The van der Waals surface area contributed by atoms with Gasteiger partial charge in [-0.05, 0) is 30.7 Å². The first-order chi connectivity index (χ1) is 12.9. The quantitative estimate of drug-likeness (QED) is 0.676. The number of thiophene rings is 1. The molecular formula is C18H13F2N5OS. The van der Waals surface area contributed by atoms with Crippen LogP contribution in [0.25, 0.3) is 15.9 Å². The van der Waals surface area contributed by atoms with E-state index in [1.165, 1.54) is 28.3 Å². The summed E-state index contributed by atoms with van der Waals surface area (Å²) >= 11 is 1.31. The zero-order valence-electron chi connectivity index (χ0n) is 14.2. The van der Waals surface area contributed by atoms with Crippen molar-refractivity contribution in [3.63, 3.8) is 0 Å². The highest BCUT2D eigenvalue weighted by atomic mass is 32.1. The van der Waals surface area contributed by atoms with Gasteiger partial charge in [0, 0.05) is 17.8 Å². The van der Waals surface area contributed by atoms with Crippen molar-refractivity contribution in [3.8, 4) is 11.8 Å². The molecule has 3 heterocycles. The normalized spacial score (nSPS) is 25.3. The Morgan fingerprint density at radius 1 is 1.30 bits per heavy atom. The number of nitriles is 1. The van der Waals surface area contributed by atoms with Crippen molar-refractivity contribution in [3.05, 3.63) is 45.3 Å². The molecule has 0 amide bonds. The van der Waals surface area contributed by atoms with E-state index in [1.807, 2.05) is 18.4 Å². The molecule has 9 heteroatoms. The second-order valence-corrected chi connectivity index (χ2v) is 8.02. The van der Waals surface area contributed by atoms with Crippen molar-refractivity contribution in [1.29, 1.82) is 5.26 Å². The fraction of sp³-hybridized carbons (Fsp3) is 0.389. The third-order valence-corrected chi connectivity index (χ3v) is 6.67. The fourth-order valence-corrected chi connectivity index (χ4v) is 5.06. The Balaban J connectivity index is 1.69. The van der Waals surface area contributed by atoms with Crippen LogP contribution < -0.4 is 5.56 Å². The lowest BCUT2D eigenvalue weighted by Gasteiger charge is -2.19. The van der Waals surface area contributed by atoms with Gasteiger partial charge in [0.25, 0.3) is 11.5 Å². The zero-order chi connectivity index (χ0) is 18.9. The molecule has 6 nitrogen and oxygen atoms in total. The number of aryl methyl sites for hydroxylation is 1. The average Bonchev–Trinajstić information content (AvgIpc) is 3.07. The van der Waals surface area contributed by atoms with E-state index in [1.54, 1.807) is 0 Å². The van der Waals surface area contributed by atoms with Crippen molar-refractivity contribution >= 4 is 21.6 Å². The van der Waals surface area contributed by atoms with Crippen molar-refractivity contribution in [2.45, 2.75) is 31.6 Å². The Hall–Kier alpha value is -2.73. The number of halogens is 2. The Morgan fingerprint density at radius 3 is 2.59 bits per heavy atom. The summed E-state index contributed by atoms with van der Waals surface area (Å²) < 4.78 is 29.2. The number of hydrogen-bond donors (Lipinski definition) is 0. The van der Waals surface area contributed by atoms with Crippen LogP contribution in [0.1, 0.15) is 36.0 Å². The molecule has 2 fully saturated rings. The second-order valence-electron chi connectivity index (χ2n) is 7.14. The van der Waals surface area contributed by atoms with Crippen LogP contribution in [0.15, 0.2) is 22.6 Å². The van der Waals surface area contributed by atoms with E-state index in [0.29, 0.717) is 34.6 Å². The van der Waals surface area contributed by atoms with Gasteiger partial charge in [-0.15, -0.1) is 11.3 Å². The molecule has 0 N–H and O–H groups in total. The first-order valence-electron chi connectivity index (χ1n) is 8.53. The molecule has 3 atom stereocenters. The van der Waals surface area contributed by atoms with Gasteiger partial charge in [-0.2, -0.15) is 5.26 Å². The lowest BCUT2D eigenvalue weighted by Crippen LogP contribution is -2.26. The summed E-state index contributed by atoms with van der Waals surface area (Å²) in [6.07, 6.45) is 3.43. The standard InChI is InChI=1S/C18H13F2N5OS/c1-8-7-27-15-14(8)24-16(9-2-11-12(3-9)18(11,19)20)25(17(15)26)10-5-22-13(4-21)23-6-10/h5-7,9,11-12H,2-3H2,1H3/t9-,11+,12-. The van der Waals surface area contributed by atoms with E-state index in [2.05, 4.69) is 9.97 Å². The van der Waals surface area contributed by atoms with Gasteiger partial charge >= 0.3 is 0 Å². The molecule has 3 aromatic rings. The lowest BCUT2D eigenvalue weighted by molar-refractivity contribution is 0.0689. The number of aromatic nitrogens is 4. The van der Waals surface area contributed by atoms with E-state index in [9.17, 15) is 13.6 Å². The molecule has 136 valence electrons. The van der Waals surface area contributed by atoms with Crippen LogP contribution in [0.4, 0.5) is 8.78 Å². The maximum absolute atomic E-state index is 13.6. The Bertz CT molecular complexity index is 1160. The van der Waals surface area contributed by atoms with E-state index in [0.717, 1.165) is 5.56 Å². The maximum Gasteiger partial charge on any atom is 0.276 e. The molecule has 0 aromatic carbocycles. The van der Waals surface area contributed by atoms with E-state index >= 15 is 0 Å². The number of rotatable bonds is 2. The van der Waals surface area contributed by atoms with E-state index in [-0.39, 0.29) is 17.3 Å². The van der Waals surface area contributed by atoms with Crippen LogP contribution in [0.5, 0.6) is 0 Å². The largest absolute Gasteiger partial charge is 0.276 e. The summed E-state index contributed by atoms with van der Waals surface area (Å²) in [5.41, 5.74) is 1.65. The van der Waals surface area contributed by atoms with Crippen molar-refractivity contribution in [1.82, 2.24) is 19.5 Å². The summed E-state index contributed by atoms with van der Waals surface area (Å²) in [5, 5.41) is 10.7. The molecule has 0 radical (unpaired) electrons. The number of nitrogens with zero attached hydrogens (tertiary/aromatic N) is 5. The molecule has 2 aliphatic rings. The van der Waals surface area contributed by atoms with Crippen LogP contribution in [-0.2, 0) is 0 Å². The van der Waals surface area contributed by atoms with Crippen molar-refractivity contribution < 1.29 is 8.78 Å². The third-order valence-electron chi connectivity index (χ3n) is 5.60. The molecule has 0 aliphatic heterocycles. The Morgan fingerprint density at radius 2 is 1.96 bits per heavy atom. The molecule has 5 rings (SSSR count). The van der Waals surface area contributed by atoms with Crippen LogP contribution >= 0.6 is 11.3 Å². The zero-order valence-corrected chi connectivity index (χ0v) is 15.0. The highest BCUT2D eigenvalue weighted by Gasteiger charge is 2.71. The summed E-state index contributed by atoms with van der Waals surface area (Å²) in [6.45, 7) is 1.88. The predicted octanol–water partition coefficient (Wildman–Crippen LogP) is 3.18. The van der Waals surface area contributed by atoms with Gasteiger partial charge < -0.3 is 0 Å². The third kappa shape index (κ3) is 2.26. The minimum atomic E-state index is -2.58. The van der Waals surface area contributed by atoms with Gasteiger partial charge in [0.05, 0.1) is 23.6 Å². The molecule has 2 aliphatic carbocycles. The van der Waals surface area contributed by atoms with E-state index < -0.39 is 17.8 Å². The van der Waals surface area contributed by atoms with Gasteiger partial charge in [0.1, 0.15) is 16.6 Å². The molecule has 0 spiro atoms. The summed E-state index contributed by atoms with van der Waals surface area (Å²) in [5.74, 6) is -3.57. The highest BCUT2D eigenvalue weighted by Crippen LogP contribution is 2.67. The summed E-state index contributed by atoms with van der Waals surface area (Å²) in [7, 11) is 0. The average molecular weight is 385 g/mol. The SMILES string of the molecule is Cc1csc2c(=O)n(-c3cnc(C#N)nc3)c([C@H]3C[C@@H]4[C@H](C3)C4(F)F)nc12. The monoisotopic (exact) mass is 385 g/mol. The Kier molecular flexibility index (Phi) is 3.28. The topological polar surface area (TPSA) is 84.5 Å². The van der Waals surface area contributed by atoms with Crippen LogP contribution in [0, 0.1) is 30.1 Å². The Labute approximate surface area is 156 Å². The smallest absolute Gasteiger partial charge is 0.267 e. The van der Waals surface area contributed by atoms with Gasteiger partial charge in [-0.1, -0.05) is 0 Å². The van der Waals surface area contributed by atoms with Gasteiger partial charge in [-0.3, -0.25) is 9.36 Å². The summed E-state index contributed by atoms with van der Waals surface area (Å²) in [4.78, 5) is 25.7. The lowest BCUT2D eigenvalue weighted by atomic mass is 10.0. The molecule has 3 aromatic heterocycles. The number of fused-ring (bicyclic) bond motifs is 2. The van der Waals surface area contributed by atoms with Crippen molar-refractivity contribution in [2.75, 3.05) is 0 Å². The van der Waals surface area contributed by atoms with Crippen molar-refractivity contribution in [2.24, 2.45) is 11.8 Å². The predicted molar refractivity (Wildman–Crippen MR) is 94.2 cm³/mol. The van der Waals surface area contributed by atoms with Crippen LogP contribution in [0.3, 0.4) is 0 Å². The minimum Gasteiger partial charge on any atom is -0.267 e. The molecular weight excluding hydrogens is 372 g/mol. The van der Waals surface area contributed by atoms with Gasteiger partial charge in [-0.25, -0.2) is 23.7 Å². The molecule has 0 saturated heterocycles. The van der Waals surface area contributed by atoms with Gasteiger partial charge in [0.15, 0.2) is 0 Å².